The smallest absolute Gasteiger partial charge is 0.273 e. The van der Waals surface area contributed by atoms with Gasteiger partial charge in [-0.15, -0.1) is 5.10 Å². The molecule has 0 fully saturated rings. The summed E-state index contributed by atoms with van der Waals surface area (Å²) < 4.78 is 16.5. The van der Waals surface area contributed by atoms with Crippen molar-refractivity contribution in [3.63, 3.8) is 0 Å². The van der Waals surface area contributed by atoms with Crippen LogP contribution in [0.25, 0.3) is 0 Å². The maximum Gasteiger partial charge on any atom is 0.273 e. The van der Waals surface area contributed by atoms with Crippen LogP contribution in [0.15, 0.2) is 24.3 Å². The van der Waals surface area contributed by atoms with Crippen molar-refractivity contribution in [1.82, 2.24) is 14.9 Å². The molecule has 1 aromatic carbocycles. The van der Waals surface area contributed by atoms with Crippen molar-refractivity contribution in [2.24, 2.45) is 0 Å². The molecule has 19 heavy (non-hydrogen) atoms. The van der Waals surface area contributed by atoms with Crippen molar-refractivity contribution in [3.05, 3.63) is 46.2 Å². The van der Waals surface area contributed by atoms with Gasteiger partial charge in [0.15, 0.2) is 5.69 Å². The van der Waals surface area contributed by atoms with E-state index < -0.39 is 0 Å². The summed E-state index contributed by atoms with van der Waals surface area (Å²) in [5.41, 5.74) is 1.35. The molecule has 0 saturated heterocycles. The molecule has 0 radical (unpaired) electrons. The lowest BCUT2D eigenvalue weighted by Gasteiger charge is -2.12. The first-order chi connectivity index (χ1) is 9.08. The summed E-state index contributed by atoms with van der Waals surface area (Å²) in [5, 5.41) is 6.60. The number of carbonyl (C=O) groups excluding carboxylic acids is 1. The number of nitrogens with one attached hydrogen (secondary N) is 1. The molecule has 1 amide bonds. The number of hydrogen-bond donors (Lipinski definition) is 1. The number of nitrogens with zero attached hydrogens (tertiary/aromatic N) is 2. The van der Waals surface area contributed by atoms with Gasteiger partial charge < -0.3 is 5.32 Å². The molecular weight excluding hydrogens is 265 g/mol. The lowest BCUT2D eigenvalue weighted by atomic mass is 10.0. The predicted molar refractivity (Wildman–Crippen MR) is 71.8 cm³/mol. The number of halogens is 1. The third kappa shape index (κ3) is 3.35. The molecule has 0 bridgehead atoms. The Morgan fingerprint density at radius 3 is 2.68 bits per heavy atom. The lowest BCUT2D eigenvalue weighted by Crippen LogP contribution is -2.28. The first-order valence-corrected chi connectivity index (χ1v) is 6.68. The highest BCUT2D eigenvalue weighted by Crippen LogP contribution is 2.15. The number of benzene rings is 1. The number of carbonyl (C=O) groups is 1. The van der Waals surface area contributed by atoms with Crippen molar-refractivity contribution in [2.45, 2.75) is 19.8 Å². The number of aromatic nitrogens is 2. The zero-order valence-electron chi connectivity index (χ0n) is 10.7. The molecule has 1 heterocycles. The Balaban J connectivity index is 1.94. The second kappa shape index (κ2) is 5.88. The molecule has 4 nitrogen and oxygen atoms in total. The van der Waals surface area contributed by atoms with E-state index in [1.54, 1.807) is 12.1 Å². The molecule has 0 aliphatic carbocycles. The summed E-state index contributed by atoms with van der Waals surface area (Å²) in [7, 11) is 0. The summed E-state index contributed by atoms with van der Waals surface area (Å²) in [5.74, 6) is -0.374. The summed E-state index contributed by atoms with van der Waals surface area (Å²) in [6.07, 6.45) is 0. The van der Waals surface area contributed by atoms with Crippen LogP contribution < -0.4 is 5.32 Å². The Kier molecular flexibility index (Phi) is 4.21. The van der Waals surface area contributed by atoms with Gasteiger partial charge in [-0.2, -0.15) is 0 Å². The maximum absolute atomic E-state index is 12.8. The average Bonchev–Trinajstić information content (AvgIpc) is 2.83. The van der Waals surface area contributed by atoms with Crippen LogP contribution in [0.4, 0.5) is 4.39 Å². The zero-order valence-corrected chi connectivity index (χ0v) is 11.5. The monoisotopic (exact) mass is 279 g/mol. The van der Waals surface area contributed by atoms with Crippen molar-refractivity contribution in [1.29, 1.82) is 0 Å². The van der Waals surface area contributed by atoms with Crippen molar-refractivity contribution >= 4 is 17.4 Å². The van der Waals surface area contributed by atoms with Gasteiger partial charge >= 0.3 is 0 Å². The van der Waals surface area contributed by atoms with E-state index in [9.17, 15) is 9.18 Å². The fourth-order valence-corrected chi connectivity index (χ4v) is 2.15. The van der Waals surface area contributed by atoms with Crippen LogP contribution in [0.3, 0.4) is 0 Å². The van der Waals surface area contributed by atoms with E-state index in [1.807, 2.05) is 13.8 Å². The zero-order chi connectivity index (χ0) is 13.8. The largest absolute Gasteiger partial charge is 0.350 e. The van der Waals surface area contributed by atoms with Crippen molar-refractivity contribution in [3.8, 4) is 0 Å². The summed E-state index contributed by atoms with van der Waals surface area (Å²) in [6.45, 7) is 4.25. The fraction of sp³-hybridized carbons (Fsp3) is 0.308. The van der Waals surface area contributed by atoms with E-state index in [4.69, 9.17) is 0 Å². The molecule has 0 spiro atoms. The number of amides is 1. The molecule has 2 rings (SSSR count). The molecule has 0 saturated carbocycles. The molecule has 2 aromatic rings. The van der Waals surface area contributed by atoms with E-state index in [0.29, 0.717) is 12.2 Å². The van der Waals surface area contributed by atoms with E-state index in [2.05, 4.69) is 14.9 Å². The van der Waals surface area contributed by atoms with Crippen LogP contribution in [0.5, 0.6) is 0 Å². The summed E-state index contributed by atoms with van der Waals surface area (Å²) in [4.78, 5) is 12.6. The van der Waals surface area contributed by atoms with Gasteiger partial charge in [0, 0.05) is 6.54 Å². The molecule has 100 valence electrons. The van der Waals surface area contributed by atoms with Gasteiger partial charge in [-0.05, 0) is 42.1 Å². The predicted octanol–water partition coefficient (Wildman–Crippen LogP) is 2.52. The highest BCUT2D eigenvalue weighted by Gasteiger charge is 2.14. The van der Waals surface area contributed by atoms with Gasteiger partial charge in [0.1, 0.15) is 5.82 Å². The van der Waals surface area contributed by atoms with Gasteiger partial charge in [0.05, 0.1) is 4.88 Å². The molecule has 1 N–H and O–H groups in total. The SMILES string of the molecule is Cc1snnc1C(=O)NCC(C)c1ccc(F)cc1. The topological polar surface area (TPSA) is 54.9 Å². The van der Waals surface area contributed by atoms with Gasteiger partial charge in [0.2, 0.25) is 0 Å². The average molecular weight is 279 g/mol. The van der Waals surface area contributed by atoms with Gasteiger partial charge in [-0.3, -0.25) is 4.79 Å². The van der Waals surface area contributed by atoms with Crippen molar-refractivity contribution in [2.75, 3.05) is 6.54 Å². The normalized spacial score (nSPS) is 12.2. The standard InChI is InChI=1S/C13H14FN3OS/c1-8(10-3-5-11(14)6-4-10)7-15-13(18)12-9(2)19-17-16-12/h3-6,8H,7H2,1-2H3,(H,15,18). The second-order valence-electron chi connectivity index (χ2n) is 4.34. The Morgan fingerprint density at radius 2 is 2.11 bits per heavy atom. The number of aryl methyl sites for hydroxylation is 1. The van der Waals surface area contributed by atoms with E-state index >= 15 is 0 Å². The molecule has 0 aliphatic heterocycles. The first-order valence-electron chi connectivity index (χ1n) is 5.90. The molecule has 6 heteroatoms. The molecule has 1 unspecified atom stereocenters. The minimum atomic E-state index is -0.260. The minimum absolute atomic E-state index is 0.108. The van der Waals surface area contributed by atoms with Crippen LogP contribution in [-0.4, -0.2) is 22.0 Å². The fourth-order valence-electron chi connectivity index (χ4n) is 1.68. The summed E-state index contributed by atoms with van der Waals surface area (Å²) in [6, 6.07) is 6.29. The van der Waals surface area contributed by atoms with Crippen LogP contribution in [0.1, 0.15) is 33.8 Å². The Labute approximate surface area is 114 Å². The van der Waals surface area contributed by atoms with Gasteiger partial charge in [0.25, 0.3) is 5.91 Å². The van der Waals surface area contributed by atoms with Gasteiger partial charge in [-0.1, -0.05) is 23.5 Å². The molecule has 0 aliphatic rings. The van der Waals surface area contributed by atoms with E-state index in [1.165, 1.54) is 23.7 Å². The van der Waals surface area contributed by atoms with Crippen LogP contribution in [-0.2, 0) is 0 Å². The highest BCUT2D eigenvalue weighted by molar-refractivity contribution is 7.05. The van der Waals surface area contributed by atoms with E-state index in [0.717, 1.165) is 10.4 Å². The third-order valence-corrected chi connectivity index (χ3v) is 3.51. The Bertz CT molecular complexity index is 568. The van der Waals surface area contributed by atoms with Crippen LogP contribution in [0, 0.1) is 12.7 Å². The quantitative estimate of drug-likeness (QED) is 0.935. The maximum atomic E-state index is 12.8. The first kappa shape index (κ1) is 13.6. The molecule has 1 atom stereocenters. The van der Waals surface area contributed by atoms with Gasteiger partial charge in [-0.25, -0.2) is 4.39 Å². The number of rotatable bonds is 4. The van der Waals surface area contributed by atoms with E-state index in [-0.39, 0.29) is 17.6 Å². The second-order valence-corrected chi connectivity index (χ2v) is 5.30. The Morgan fingerprint density at radius 1 is 1.42 bits per heavy atom. The third-order valence-electron chi connectivity index (χ3n) is 2.87. The minimum Gasteiger partial charge on any atom is -0.350 e. The molecule has 1 aromatic heterocycles. The Hall–Kier alpha value is -1.82. The van der Waals surface area contributed by atoms with Crippen LogP contribution in [0.2, 0.25) is 0 Å². The molecular formula is C13H14FN3OS. The van der Waals surface area contributed by atoms with Crippen molar-refractivity contribution < 1.29 is 9.18 Å². The van der Waals surface area contributed by atoms with Crippen LogP contribution >= 0.6 is 11.5 Å². The summed E-state index contributed by atoms with van der Waals surface area (Å²) >= 11 is 1.20. The number of hydrogen-bond acceptors (Lipinski definition) is 4. The lowest BCUT2D eigenvalue weighted by molar-refractivity contribution is 0.0946. The highest BCUT2D eigenvalue weighted by atomic mass is 32.1.